The quantitative estimate of drug-likeness (QED) is 0.792. The highest BCUT2D eigenvalue weighted by atomic mass is 15.3. The van der Waals surface area contributed by atoms with E-state index in [0.717, 1.165) is 30.9 Å². The number of nitrogens with one attached hydrogen (secondary N) is 1. The number of nitrogens with zero attached hydrogens (tertiary/aromatic N) is 3. The zero-order chi connectivity index (χ0) is 12.8. The van der Waals surface area contributed by atoms with Gasteiger partial charge in [0.1, 0.15) is 12.2 Å². The van der Waals surface area contributed by atoms with Crippen molar-refractivity contribution < 1.29 is 0 Å². The molecular weight excluding hydrogens is 224 g/mol. The lowest BCUT2D eigenvalue weighted by Gasteiger charge is -2.08. The predicted octanol–water partition coefficient (Wildman–Crippen LogP) is 2.20. The Morgan fingerprint density at radius 2 is 2.00 bits per heavy atom. The molecule has 0 unspecified atom stereocenters. The first-order valence-electron chi connectivity index (χ1n) is 6.45. The number of para-hydroxylation sites is 1. The Balaban J connectivity index is 1.96. The van der Waals surface area contributed by atoms with Crippen molar-refractivity contribution in [2.45, 2.75) is 32.7 Å². The zero-order valence-electron chi connectivity index (χ0n) is 11.0. The summed E-state index contributed by atoms with van der Waals surface area (Å²) in [6.45, 7) is 5.33. The summed E-state index contributed by atoms with van der Waals surface area (Å²) in [5, 5.41) is 11.6. The molecule has 1 N–H and O–H groups in total. The summed E-state index contributed by atoms with van der Waals surface area (Å²) in [5.74, 6) is 1.02. The van der Waals surface area contributed by atoms with Crippen molar-refractivity contribution in [3.63, 3.8) is 0 Å². The standard InChI is InChI=1S/C14H20N4/c1-12(2)15-10-6-9-14-17-16-11-18(14)13-7-4-3-5-8-13/h3-5,7-8,11-12,15H,6,9-10H2,1-2H3. The fourth-order valence-corrected chi connectivity index (χ4v) is 1.87. The van der Waals surface area contributed by atoms with E-state index in [1.54, 1.807) is 6.33 Å². The second-order valence-electron chi connectivity index (χ2n) is 4.67. The first-order chi connectivity index (χ1) is 8.77. The monoisotopic (exact) mass is 244 g/mol. The average Bonchev–Trinajstić information content (AvgIpc) is 2.84. The Hall–Kier alpha value is -1.68. The molecule has 0 aliphatic heterocycles. The van der Waals surface area contributed by atoms with Crippen LogP contribution in [0.5, 0.6) is 0 Å². The number of hydrogen-bond donors (Lipinski definition) is 1. The smallest absolute Gasteiger partial charge is 0.137 e. The van der Waals surface area contributed by atoms with Crippen molar-refractivity contribution in [2.75, 3.05) is 6.54 Å². The van der Waals surface area contributed by atoms with Crippen LogP contribution in [0.1, 0.15) is 26.1 Å². The van der Waals surface area contributed by atoms with E-state index in [4.69, 9.17) is 0 Å². The van der Waals surface area contributed by atoms with Crippen LogP contribution in [0.2, 0.25) is 0 Å². The molecule has 2 aromatic rings. The molecule has 2 rings (SSSR count). The Labute approximate surface area is 108 Å². The molecular formula is C14H20N4. The molecule has 4 heteroatoms. The number of rotatable bonds is 6. The van der Waals surface area contributed by atoms with E-state index >= 15 is 0 Å². The minimum absolute atomic E-state index is 0.539. The molecule has 1 aromatic carbocycles. The summed E-state index contributed by atoms with van der Waals surface area (Å²) in [5.41, 5.74) is 1.12. The third-order valence-electron chi connectivity index (χ3n) is 2.78. The molecule has 0 saturated carbocycles. The van der Waals surface area contributed by atoms with Crippen molar-refractivity contribution in [1.82, 2.24) is 20.1 Å². The molecule has 0 amide bonds. The third-order valence-corrected chi connectivity index (χ3v) is 2.78. The van der Waals surface area contributed by atoms with Crippen LogP contribution in [-0.4, -0.2) is 27.4 Å². The van der Waals surface area contributed by atoms with Crippen molar-refractivity contribution >= 4 is 0 Å². The molecule has 0 atom stereocenters. The first kappa shape index (κ1) is 12.8. The summed E-state index contributed by atoms with van der Waals surface area (Å²) >= 11 is 0. The van der Waals surface area contributed by atoms with Crippen LogP contribution in [0.15, 0.2) is 36.7 Å². The molecule has 0 aliphatic carbocycles. The second kappa shape index (κ2) is 6.31. The van der Waals surface area contributed by atoms with Crippen molar-refractivity contribution in [1.29, 1.82) is 0 Å². The van der Waals surface area contributed by atoms with Gasteiger partial charge in [-0.1, -0.05) is 32.0 Å². The number of benzene rings is 1. The molecule has 96 valence electrons. The van der Waals surface area contributed by atoms with E-state index in [1.807, 2.05) is 18.2 Å². The predicted molar refractivity (Wildman–Crippen MR) is 72.8 cm³/mol. The van der Waals surface area contributed by atoms with Crippen LogP contribution in [0.3, 0.4) is 0 Å². The Kier molecular flexibility index (Phi) is 4.47. The Bertz CT molecular complexity index is 462. The number of hydrogen-bond acceptors (Lipinski definition) is 3. The zero-order valence-corrected chi connectivity index (χ0v) is 11.0. The van der Waals surface area contributed by atoms with Crippen LogP contribution >= 0.6 is 0 Å². The molecule has 0 radical (unpaired) electrons. The highest BCUT2D eigenvalue weighted by molar-refractivity contribution is 5.31. The Morgan fingerprint density at radius 3 is 2.72 bits per heavy atom. The van der Waals surface area contributed by atoms with E-state index in [2.05, 4.69) is 46.1 Å². The maximum absolute atomic E-state index is 4.19. The van der Waals surface area contributed by atoms with Gasteiger partial charge in [0.2, 0.25) is 0 Å². The van der Waals surface area contributed by atoms with Gasteiger partial charge in [-0.15, -0.1) is 10.2 Å². The Morgan fingerprint density at radius 1 is 1.22 bits per heavy atom. The van der Waals surface area contributed by atoms with Gasteiger partial charge in [0.05, 0.1) is 0 Å². The van der Waals surface area contributed by atoms with Crippen LogP contribution in [0.4, 0.5) is 0 Å². The van der Waals surface area contributed by atoms with E-state index in [-0.39, 0.29) is 0 Å². The average molecular weight is 244 g/mol. The molecule has 0 bridgehead atoms. The third kappa shape index (κ3) is 3.40. The van der Waals surface area contributed by atoms with Gasteiger partial charge in [-0.3, -0.25) is 4.57 Å². The largest absolute Gasteiger partial charge is 0.315 e. The van der Waals surface area contributed by atoms with Crippen molar-refractivity contribution in [3.8, 4) is 5.69 Å². The second-order valence-corrected chi connectivity index (χ2v) is 4.67. The summed E-state index contributed by atoms with van der Waals surface area (Å²) in [6.07, 6.45) is 3.79. The van der Waals surface area contributed by atoms with Gasteiger partial charge in [-0.2, -0.15) is 0 Å². The molecule has 0 fully saturated rings. The topological polar surface area (TPSA) is 42.7 Å². The molecule has 1 heterocycles. The molecule has 0 aliphatic rings. The lowest BCUT2D eigenvalue weighted by Crippen LogP contribution is -2.24. The summed E-state index contributed by atoms with van der Waals surface area (Å²) in [4.78, 5) is 0. The SMILES string of the molecule is CC(C)NCCCc1nncn1-c1ccccc1. The highest BCUT2D eigenvalue weighted by Gasteiger charge is 2.05. The van der Waals surface area contributed by atoms with E-state index in [0.29, 0.717) is 6.04 Å². The molecule has 0 saturated heterocycles. The van der Waals surface area contributed by atoms with E-state index in [1.165, 1.54) is 0 Å². The van der Waals surface area contributed by atoms with Gasteiger partial charge >= 0.3 is 0 Å². The van der Waals surface area contributed by atoms with Gasteiger partial charge < -0.3 is 5.32 Å². The maximum Gasteiger partial charge on any atom is 0.137 e. The van der Waals surface area contributed by atoms with Gasteiger partial charge in [0.25, 0.3) is 0 Å². The van der Waals surface area contributed by atoms with E-state index < -0.39 is 0 Å². The summed E-state index contributed by atoms with van der Waals surface area (Å²) in [7, 11) is 0. The van der Waals surface area contributed by atoms with E-state index in [9.17, 15) is 0 Å². The molecule has 4 nitrogen and oxygen atoms in total. The highest BCUT2D eigenvalue weighted by Crippen LogP contribution is 2.09. The lowest BCUT2D eigenvalue weighted by molar-refractivity contribution is 0.564. The van der Waals surface area contributed by atoms with Crippen LogP contribution in [0.25, 0.3) is 5.69 Å². The maximum atomic E-state index is 4.19. The van der Waals surface area contributed by atoms with Gasteiger partial charge in [-0.25, -0.2) is 0 Å². The minimum Gasteiger partial charge on any atom is -0.315 e. The van der Waals surface area contributed by atoms with Gasteiger partial charge in [0, 0.05) is 18.2 Å². The number of aryl methyl sites for hydroxylation is 1. The van der Waals surface area contributed by atoms with Crippen molar-refractivity contribution in [3.05, 3.63) is 42.5 Å². The molecule has 0 spiro atoms. The van der Waals surface area contributed by atoms with Crippen LogP contribution < -0.4 is 5.32 Å². The molecule has 18 heavy (non-hydrogen) atoms. The van der Waals surface area contributed by atoms with Gasteiger partial charge in [-0.05, 0) is 25.1 Å². The lowest BCUT2D eigenvalue weighted by atomic mass is 10.2. The fraction of sp³-hybridized carbons (Fsp3) is 0.429. The minimum atomic E-state index is 0.539. The van der Waals surface area contributed by atoms with Crippen molar-refractivity contribution in [2.24, 2.45) is 0 Å². The summed E-state index contributed by atoms with van der Waals surface area (Å²) in [6, 6.07) is 10.7. The normalized spacial score (nSPS) is 11.1. The van der Waals surface area contributed by atoms with Crippen LogP contribution in [-0.2, 0) is 6.42 Å². The fourth-order valence-electron chi connectivity index (χ4n) is 1.87. The molecule has 1 aromatic heterocycles. The van der Waals surface area contributed by atoms with Crippen LogP contribution in [0, 0.1) is 0 Å². The van der Waals surface area contributed by atoms with Gasteiger partial charge in [0.15, 0.2) is 0 Å². The number of aromatic nitrogens is 3. The summed E-state index contributed by atoms with van der Waals surface area (Å²) < 4.78 is 2.05. The first-order valence-corrected chi connectivity index (χ1v) is 6.45.